The molecule has 574 valence electrons. The molecule has 0 saturated carbocycles. The fraction of sp³-hybridized carbons (Fsp3) is 0.0729. The lowest BCUT2D eigenvalue weighted by atomic mass is 10.2. The van der Waals surface area contributed by atoms with E-state index in [2.05, 4.69) is 219 Å². The normalized spacial score (nSPS) is 13.2. The number of hydrogen-bond acceptors (Lipinski definition) is 14. The van der Waals surface area contributed by atoms with E-state index in [0.717, 1.165) is 176 Å². The number of oxazole rings is 2. The fourth-order valence-electron chi connectivity index (χ4n) is 18.6. The number of hydrogen-bond donors (Lipinski definition) is 0. The number of benzene rings is 4. The number of aromatic nitrogens is 21. The number of para-hydroxylation sites is 4. The molecule has 29 rings (SSSR count). The maximum atomic E-state index is 8.23. The molecule has 0 saturated heterocycles. The quantitative estimate of drug-likeness (QED) is 0.150. The summed E-state index contributed by atoms with van der Waals surface area (Å²) in [5.41, 5.74) is 27.6. The van der Waals surface area contributed by atoms with Gasteiger partial charge in [-0.1, -0.05) is 84.1 Å². The molecule has 0 N–H and O–H groups in total. The average molecular weight is 1600 g/mol. The molecule has 5 aliphatic heterocycles. The van der Waals surface area contributed by atoms with Crippen LogP contribution in [0.1, 0.15) is 32.6 Å². The average Bonchev–Trinajstić information content (AvgIpc) is 1.53. The van der Waals surface area contributed by atoms with E-state index in [1.165, 1.54) is 53.8 Å². The highest BCUT2D eigenvalue weighted by Gasteiger charge is 2.44. The Bertz CT molecular complexity index is 8350. The highest BCUT2D eigenvalue weighted by atomic mass is 32.1. The number of furan rings is 1. The maximum absolute atomic E-state index is 8.23. The van der Waals surface area contributed by atoms with Gasteiger partial charge in [0.25, 0.3) is 22.5 Å². The first-order chi connectivity index (χ1) is 61.1. The van der Waals surface area contributed by atoms with Crippen molar-refractivity contribution in [2.24, 2.45) is 14.0 Å². The summed E-state index contributed by atoms with van der Waals surface area (Å²) in [7, 11) is 2.13. The van der Waals surface area contributed by atoms with Crippen molar-refractivity contribution < 1.29 is 40.2 Å². The second-order valence-corrected chi connectivity index (χ2v) is 31.2. The van der Waals surface area contributed by atoms with Crippen LogP contribution in [-0.4, -0.2) is 77.2 Å². The number of thiophene rings is 1. The summed E-state index contributed by atoms with van der Waals surface area (Å²) in [6.45, 7) is 1.22. The lowest BCUT2D eigenvalue weighted by molar-refractivity contribution is -0.656. The molecular formula is C96H66N21O3S+5. The third-order valence-electron chi connectivity index (χ3n) is 23.7. The van der Waals surface area contributed by atoms with E-state index in [1.807, 2.05) is 145 Å². The van der Waals surface area contributed by atoms with Crippen LogP contribution in [0, 0.1) is 0 Å². The SMILES string of the molecule is Cn1c2ccncc2c2c1[n+]1c(n2-c2ccccc2)-c2cccnc2C1.[2H]C([2H])([2H])n1c2ccncc2c2c1[n+]1c(n2-c2ccccc2)-c2cccnc2C1.c1ccc(-n2c3[n+](c4c2c2cnccc2n4-c2ccccc2)Cc2ncccc2-3)cc1.c1cnc2c(c1)-c1oc3c4cnccc4oc3[n+]1C2.c1cnc2c(c1)-c1oc3c4cnccc4sc3[n+]1C2. The Morgan fingerprint density at radius 2 is 0.694 bits per heavy atom. The third-order valence-corrected chi connectivity index (χ3v) is 24.9. The summed E-state index contributed by atoms with van der Waals surface area (Å²) in [5, 5.41) is 5.12. The standard InChI is InChI=1S/C26H18N5.2C21H16N5.C14H8N3O2.C14H8N3OS/c1-3-8-18(9-4-1)30-23-13-15-27-16-21(23)24-26(30)29-17-22-20(12-7-14-28-22)25(29)31(24)19-10-5-2-6-11-19;2*1-24-18-9-11-22-12-16(18)19-21(24)25-13-17-15(8-5-10-23-17)20(25)26(19)14-6-3-2-4-7-14;1-2-8-10(16-4-1)7-17-13(8)19-12-9-6-15-5-3-11(9)18-14(12)17;1-2-8-10(16-4-1)7-17-13(8)18-12-9-6-15-5-3-11(9)19-14(12)17/h1-16H,17H2;2*2-12H,13H2,1H3;2*1-6H,7H2/q5*+1/i;1D3;;;. The number of imidazole rings is 3. The van der Waals surface area contributed by atoms with E-state index in [4.69, 9.17) is 17.4 Å². The van der Waals surface area contributed by atoms with Gasteiger partial charge in [0.2, 0.25) is 23.1 Å². The Morgan fingerprint density at radius 1 is 0.322 bits per heavy atom. The van der Waals surface area contributed by atoms with Crippen LogP contribution in [0.25, 0.3) is 189 Å². The summed E-state index contributed by atoms with van der Waals surface area (Å²) in [6, 6.07) is 71.8. The van der Waals surface area contributed by atoms with Gasteiger partial charge in [0.1, 0.15) is 87.0 Å². The molecule has 5 aliphatic rings. The number of pyridine rings is 10. The van der Waals surface area contributed by atoms with Gasteiger partial charge in [-0.3, -0.25) is 59.0 Å². The van der Waals surface area contributed by atoms with E-state index in [-0.39, 0.29) is 0 Å². The van der Waals surface area contributed by atoms with Crippen LogP contribution in [0.3, 0.4) is 0 Å². The molecular weight excluding hydrogens is 1530 g/mol. The molecule has 20 aromatic heterocycles. The summed E-state index contributed by atoms with van der Waals surface area (Å²) in [4.78, 5) is 45.3. The molecule has 0 spiro atoms. The minimum atomic E-state index is -2.33. The minimum absolute atomic E-state index is 0.529. The van der Waals surface area contributed by atoms with E-state index in [0.29, 0.717) is 24.3 Å². The van der Waals surface area contributed by atoms with Crippen molar-refractivity contribution in [3.8, 4) is 79.8 Å². The van der Waals surface area contributed by atoms with Gasteiger partial charge in [-0.25, -0.2) is 32.0 Å². The maximum Gasteiger partial charge on any atom is 0.422 e. The molecule has 25 heterocycles. The van der Waals surface area contributed by atoms with Crippen LogP contribution < -0.4 is 22.8 Å². The first-order valence-corrected chi connectivity index (χ1v) is 40.5. The third kappa shape index (κ3) is 10.1. The van der Waals surface area contributed by atoms with E-state index < -0.39 is 6.98 Å². The van der Waals surface area contributed by atoms with Crippen molar-refractivity contribution >= 4 is 120 Å². The number of nitrogens with zero attached hydrogens (tertiary/aromatic N) is 21. The zero-order valence-electron chi connectivity index (χ0n) is 67.4. The minimum Gasteiger partial charge on any atom is -0.401 e. The lowest BCUT2D eigenvalue weighted by Crippen LogP contribution is -2.33. The first-order valence-electron chi connectivity index (χ1n) is 41.2. The molecule has 121 heavy (non-hydrogen) atoms. The van der Waals surface area contributed by atoms with Gasteiger partial charge in [-0.05, 0) is 133 Å². The molecule has 0 amide bonds. The Morgan fingerprint density at radius 3 is 1.20 bits per heavy atom. The summed E-state index contributed by atoms with van der Waals surface area (Å²) < 4.78 is 67.8. The van der Waals surface area contributed by atoms with Crippen molar-refractivity contribution in [3.63, 3.8) is 0 Å². The van der Waals surface area contributed by atoms with Gasteiger partial charge in [-0.15, -0.1) is 9.13 Å². The van der Waals surface area contributed by atoms with Crippen molar-refractivity contribution in [2.75, 3.05) is 0 Å². The predicted molar refractivity (Wildman–Crippen MR) is 459 cm³/mol. The zero-order valence-corrected chi connectivity index (χ0v) is 65.2. The molecule has 25 heteroatoms. The van der Waals surface area contributed by atoms with Crippen LogP contribution in [0.2, 0.25) is 0 Å². The molecule has 0 atom stereocenters. The Balaban J connectivity index is 0.0000000860. The molecule has 0 radical (unpaired) electrons. The Hall–Kier alpha value is -16.2. The Labute approximate surface area is 694 Å². The molecule has 0 fully saturated rings. The summed E-state index contributed by atoms with van der Waals surface area (Å²) in [6.07, 6.45) is 27.4. The monoisotopic (exact) mass is 1600 g/mol. The van der Waals surface area contributed by atoms with Crippen LogP contribution in [0.5, 0.6) is 0 Å². The van der Waals surface area contributed by atoms with Gasteiger partial charge in [0, 0.05) is 104 Å². The lowest BCUT2D eigenvalue weighted by Gasteiger charge is -2.04. The van der Waals surface area contributed by atoms with Crippen molar-refractivity contribution in [1.82, 2.24) is 77.2 Å². The van der Waals surface area contributed by atoms with Gasteiger partial charge in [0.05, 0.1) is 78.8 Å². The van der Waals surface area contributed by atoms with Crippen LogP contribution in [0.15, 0.2) is 319 Å². The van der Waals surface area contributed by atoms with Crippen molar-refractivity contribution in [2.45, 2.75) is 32.7 Å². The Kier molecular flexibility index (Phi) is 14.4. The van der Waals surface area contributed by atoms with Gasteiger partial charge in [0.15, 0.2) is 29.6 Å². The molecule has 0 unspecified atom stereocenters. The molecule has 0 bridgehead atoms. The molecule has 24 nitrogen and oxygen atoms in total. The van der Waals surface area contributed by atoms with Crippen LogP contribution in [0.4, 0.5) is 0 Å². The molecule has 0 aliphatic carbocycles. The number of fused-ring (bicyclic) bond motifs is 35. The number of rotatable bonds is 4. The van der Waals surface area contributed by atoms with E-state index in [1.54, 1.807) is 54.6 Å². The van der Waals surface area contributed by atoms with Crippen molar-refractivity contribution in [3.05, 3.63) is 334 Å². The van der Waals surface area contributed by atoms with Gasteiger partial charge >= 0.3 is 22.3 Å². The van der Waals surface area contributed by atoms with Gasteiger partial charge in [-0.2, -0.15) is 0 Å². The highest BCUT2D eigenvalue weighted by Crippen LogP contribution is 2.44. The largest absolute Gasteiger partial charge is 0.422 e. The summed E-state index contributed by atoms with van der Waals surface area (Å²) >= 11 is 1.75. The smallest absolute Gasteiger partial charge is 0.401 e. The topological polar surface area (TPSA) is 217 Å². The van der Waals surface area contributed by atoms with Crippen LogP contribution in [-0.2, 0) is 46.7 Å². The second kappa shape index (κ2) is 26.7. The zero-order chi connectivity index (χ0) is 82.2. The highest BCUT2D eigenvalue weighted by molar-refractivity contribution is 7.25. The van der Waals surface area contributed by atoms with E-state index >= 15 is 0 Å². The van der Waals surface area contributed by atoms with Crippen molar-refractivity contribution in [1.29, 1.82) is 0 Å². The van der Waals surface area contributed by atoms with Gasteiger partial charge < -0.3 is 13.3 Å². The molecule has 24 aromatic rings. The van der Waals surface area contributed by atoms with Crippen LogP contribution >= 0.6 is 11.3 Å². The second-order valence-electron chi connectivity index (χ2n) is 30.2. The van der Waals surface area contributed by atoms with E-state index in [9.17, 15) is 0 Å². The molecule has 4 aromatic carbocycles. The fourth-order valence-corrected chi connectivity index (χ4v) is 19.7. The first kappa shape index (κ1) is 65.0. The predicted octanol–water partition coefficient (Wildman–Crippen LogP) is 16.2. The summed E-state index contributed by atoms with van der Waals surface area (Å²) in [5.74, 6) is 5.01. The number of aryl methyl sites for hydroxylation is 2.